The molecule has 0 aromatic heterocycles. The molecule has 4 atom stereocenters. The monoisotopic (exact) mass is 597 g/mol. The van der Waals surface area contributed by atoms with Crippen molar-refractivity contribution in [1.29, 1.82) is 0 Å². The molecule has 0 radical (unpaired) electrons. The summed E-state index contributed by atoms with van der Waals surface area (Å²) in [4.78, 5) is 25.5. The fourth-order valence-corrected chi connectivity index (χ4v) is 8.56. The van der Waals surface area contributed by atoms with Gasteiger partial charge in [-0.1, -0.05) is 90.0 Å². The summed E-state index contributed by atoms with van der Waals surface area (Å²) in [6.45, 7) is 4.21. The molecule has 3 aliphatic carbocycles. The number of nitrogens with zero attached hydrogens (tertiary/aromatic N) is 1. The first-order valence-electron chi connectivity index (χ1n) is 17.5. The van der Waals surface area contributed by atoms with E-state index < -0.39 is 23.1 Å². The van der Waals surface area contributed by atoms with Crippen LogP contribution in [0.1, 0.15) is 140 Å². The van der Waals surface area contributed by atoms with Crippen LogP contribution in [0.4, 0.5) is 0 Å². The number of phenols is 1. The van der Waals surface area contributed by atoms with Crippen molar-refractivity contribution in [2.24, 2.45) is 5.92 Å². The van der Waals surface area contributed by atoms with Gasteiger partial charge in [0.1, 0.15) is 0 Å². The van der Waals surface area contributed by atoms with Crippen LogP contribution in [0.2, 0.25) is 0 Å². The van der Waals surface area contributed by atoms with Gasteiger partial charge in [-0.25, -0.2) is 0 Å². The van der Waals surface area contributed by atoms with Crippen LogP contribution in [-0.4, -0.2) is 62.8 Å². The Labute approximate surface area is 258 Å². The Kier molecular flexibility index (Phi) is 10.8. The van der Waals surface area contributed by atoms with Crippen molar-refractivity contribution in [2.75, 3.05) is 13.1 Å². The molecule has 1 spiro atoms. The Hall–Kier alpha value is -2.12. The van der Waals surface area contributed by atoms with E-state index in [9.17, 15) is 19.8 Å². The summed E-state index contributed by atoms with van der Waals surface area (Å²) in [5.41, 5.74) is 0.454. The minimum atomic E-state index is -0.940. The third-order valence-corrected chi connectivity index (χ3v) is 11.1. The molecule has 7 heteroatoms. The van der Waals surface area contributed by atoms with E-state index in [4.69, 9.17) is 9.84 Å². The Balaban J connectivity index is 0.000000184. The van der Waals surface area contributed by atoms with Gasteiger partial charge in [0.2, 0.25) is 0 Å². The van der Waals surface area contributed by atoms with Crippen molar-refractivity contribution < 1.29 is 29.6 Å². The molecule has 1 aromatic rings. The number of carbonyl (C=O) groups excluding carboxylic acids is 1. The smallest absolute Gasteiger partial charge is 0.303 e. The highest BCUT2D eigenvalue weighted by atomic mass is 16.5. The number of hydrogen-bond donors (Lipinski definition) is 3. The number of ketones is 1. The number of benzene rings is 1. The van der Waals surface area contributed by atoms with Crippen LogP contribution in [-0.2, 0) is 21.4 Å². The van der Waals surface area contributed by atoms with Gasteiger partial charge in [-0.05, 0) is 62.6 Å². The summed E-state index contributed by atoms with van der Waals surface area (Å²) in [7, 11) is 0. The second-order valence-electron chi connectivity index (χ2n) is 14.1. The molecule has 2 bridgehead atoms. The Morgan fingerprint density at radius 1 is 0.953 bits per heavy atom. The molecule has 2 saturated carbocycles. The zero-order valence-electron chi connectivity index (χ0n) is 26.5. The molecule has 2 aliphatic heterocycles. The lowest BCUT2D eigenvalue weighted by molar-refractivity contribution is -0.188. The molecule has 1 unspecified atom stereocenters. The molecule has 5 aliphatic rings. The molecule has 1 saturated heterocycles. The van der Waals surface area contributed by atoms with E-state index in [0.717, 1.165) is 55.8 Å². The lowest BCUT2D eigenvalue weighted by Crippen LogP contribution is -2.76. The summed E-state index contributed by atoms with van der Waals surface area (Å²) < 4.78 is 6.04. The second kappa shape index (κ2) is 14.3. The molecule has 1 aromatic carbocycles. The number of rotatable bonds is 16. The van der Waals surface area contributed by atoms with Crippen molar-refractivity contribution in [3.63, 3.8) is 0 Å². The first kappa shape index (κ1) is 32.3. The average Bonchev–Trinajstić information content (AvgIpc) is 3.73. The van der Waals surface area contributed by atoms with Crippen LogP contribution < -0.4 is 4.74 Å². The third kappa shape index (κ3) is 6.78. The van der Waals surface area contributed by atoms with Gasteiger partial charge >= 0.3 is 5.97 Å². The molecular formula is C36H55NO6. The van der Waals surface area contributed by atoms with Crippen LogP contribution in [0.5, 0.6) is 11.5 Å². The van der Waals surface area contributed by atoms with E-state index in [1.165, 1.54) is 83.5 Å². The van der Waals surface area contributed by atoms with Crippen LogP contribution in [0.25, 0.3) is 0 Å². The zero-order valence-corrected chi connectivity index (χ0v) is 26.5. The van der Waals surface area contributed by atoms with Crippen molar-refractivity contribution >= 4 is 11.8 Å². The molecular weight excluding hydrogens is 542 g/mol. The van der Waals surface area contributed by atoms with E-state index in [2.05, 4.69) is 11.8 Å². The SMILES string of the molecule is CCCCCCCCCCCCCCCC(=O)O.O=C1CC[C@@]2(O)[C@H]3Cc4ccc(O)c5c4C2(CCN3CC2CC2)[C@H]1O5. The van der Waals surface area contributed by atoms with Gasteiger partial charge in [-0.15, -0.1) is 0 Å². The van der Waals surface area contributed by atoms with Gasteiger partial charge in [0.15, 0.2) is 23.4 Å². The van der Waals surface area contributed by atoms with Gasteiger partial charge in [0, 0.05) is 31.0 Å². The quantitative estimate of drug-likeness (QED) is 0.175. The third-order valence-electron chi connectivity index (χ3n) is 11.1. The van der Waals surface area contributed by atoms with Crippen molar-refractivity contribution in [1.82, 2.24) is 4.90 Å². The van der Waals surface area contributed by atoms with Gasteiger partial charge in [-0.3, -0.25) is 14.5 Å². The summed E-state index contributed by atoms with van der Waals surface area (Å²) in [6, 6.07) is 3.69. The fraction of sp³-hybridized carbons (Fsp3) is 0.778. The zero-order chi connectivity index (χ0) is 30.5. The number of phenolic OH excluding ortho intramolecular Hbond substituents is 1. The van der Waals surface area contributed by atoms with Gasteiger partial charge in [-0.2, -0.15) is 0 Å². The maximum Gasteiger partial charge on any atom is 0.303 e. The lowest BCUT2D eigenvalue weighted by Gasteiger charge is -2.62. The highest BCUT2D eigenvalue weighted by Crippen LogP contribution is 2.64. The predicted octanol–water partition coefficient (Wildman–Crippen LogP) is 7.08. The summed E-state index contributed by atoms with van der Waals surface area (Å²) in [5.74, 6) is 0.734. The fourth-order valence-electron chi connectivity index (χ4n) is 8.56. The molecule has 7 nitrogen and oxygen atoms in total. The number of carboxylic acid groups (broad SMARTS) is 1. The van der Waals surface area contributed by atoms with E-state index >= 15 is 0 Å². The number of hydrogen-bond acceptors (Lipinski definition) is 6. The minimum absolute atomic E-state index is 0.0454. The first-order valence-corrected chi connectivity index (χ1v) is 17.5. The number of aromatic hydroxyl groups is 1. The molecule has 43 heavy (non-hydrogen) atoms. The number of ether oxygens (including phenoxy) is 1. The van der Waals surface area contributed by atoms with E-state index in [1.54, 1.807) is 6.07 Å². The van der Waals surface area contributed by atoms with Crippen LogP contribution in [0.15, 0.2) is 12.1 Å². The molecule has 3 fully saturated rings. The minimum Gasteiger partial charge on any atom is -0.504 e. The molecule has 240 valence electrons. The van der Waals surface area contributed by atoms with Crippen molar-refractivity contribution in [2.45, 2.75) is 159 Å². The van der Waals surface area contributed by atoms with Gasteiger partial charge in [0.25, 0.3) is 0 Å². The maximum atomic E-state index is 12.7. The number of aliphatic carboxylic acids is 1. The predicted molar refractivity (Wildman–Crippen MR) is 168 cm³/mol. The number of carbonyl (C=O) groups is 2. The molecule has 6 rings (SSSR count). The number of likely N-dealkylation sites (tertiary alicyclic amines) is 1. The number of piperidine rings is 1. The van der Waals surface area contributed by atoms with Crippen molar-refractivity contribution in [3.05, 3.63) is 23.3 Å². The summed E-state index contributed by atoms with van der Waals surface area (Å²) in [6.07, 6.45) is 21.6. The largest absolute Gasteiger partial charge is 0.504 e. The first-order chi connectivity index (χ1) is 20.8. The highest BCUT2D eigenvalue weighted by Gasteiger charge is 2.73. The Morgan fingerprint density at radius 2 is 1.58 bits per heavy atom. The van der Waals surface area contributed by atoms with Crippen molar-refractivity contribution in [3.8, 4) is 11.5 Å². The standard InChI is InChI=1S/C20H23NO4.C16H32O2/c22-13-4-3-12-9-15-20(24)6-5-14(23)18-19(20,16(12)17(13)25-18)7-8-21(15)10-11-1-2-11;1-2-3-4-5-6-7-8-9-10-11-12-13-14-15-16(17)18/h3-4,11,15,18,22,24H,1-2,5-10H2;2-15H2,1H3,(H,17,18)/t15-,18+,19?,20-;/m1./s1. The van der Waals surface area contributed by atoms with Gasteiger partial charge < -0.3 is 20.1 Å². The number of aliphatic hydroxyl groups is 1. The Bertz CT molecular complexity index is 1120. The summed E-state index contributed by atoms with van der Waals surface area (Å²) >= 11 is 0. The van der Waals surface area contributed by atoms with Crippen LogP contribution in [0.3, 0.4) is 0 Å². The molecule has 3 N–H and O–H groups in total. The molecule has 2 heterocycles. The topological polar surface area (TPSA) is 107 Å². The number of carboxylic acids is 1. The number of Topliss-reactive ketones (excluding diaryl/α,β-unsaturated/α-hetero) is 1. The second-order valence-corrected chi connectivity index (χ2v) is 14.1. The maximum absolute atomic E-state index is 12.7. The van der Waals surface area contributed by atoms with Crippen LogP contribution in [0, 0.1) is 5.92 Å². The highest BCUT2D eigenvalue weighted by molar-refractivity contribution is 5.90. The van der Waals surface area contributed by atoms with E-state index in [1.807, 2.05) is 6.07 Å². The lowest BCUT2D eigenvalue weighted by atomic mass is 9.49. The van der Waals surface area contributed by atoms with E-state index in [-0.39, 0.29) is 17.6 Å². The van der Waals surface area contributed by atoms with Gasteiger partial charge in [0.05, 0.1) is 11.0 Å². The average molecular weight is 598 g/mol. The van der Waals surface area contributed by atoms with E-state index in [0.29, 0.717) is 25.0 Å². The number of unbranched alkanes of at least 4 members (excludes halogenated alkanes) is 12. The summed E-state index contributed by atoms with van der Waals surface area (Å²) in [5, 5.41) is 30.8. The van der Waals surface area contributed by atoms with Crippen LogP contribution >= 0.6 is 0 Å². The normalized spacial score (nSPS) is 28.6. The Morgan fingerprint density at radius 3 is 2.19 bits per heavy atom. The molecule has 0 amide bonds.